The van der Waals surface area contributed by atoms with Crippen LogP contribution in [0.15, 0.2) is 60.3 Å². The van der Waals surface area contributed by atoms with Crippen molar-refractivity contribution in [1.29, 1.82) is 0 Å². The highest BCUT2D eigenvalue weighted by Gasteiger charge is 2.46. The van der Waals surface area contributed by atoms with E-state index >= 15 is 0 Å². The van der Waals surface area contributed by atoms with Gasteiger partial charge in [0.2, 0.25) is 0 Å². The lowest BCUT2D eigenvalue weighted by molar-refractivity contribution is 0.180. The maximum Gasteiger partial charge on any atom is 0.109 e. The number of rotatable bonds is 4. The van der Waals surface area contributed by atoms with Gasteiger partial charge in [0.25, 0.3) is 0 Å². The van der Waals surface area contributed by atoms with Crippen LogP contribution in [0, 0.1) is 12.8 Å². The molecule has 0 aromatic heterocycles. The zero-order valence-electron chi connectivity index (χ0n) is 18.0. The van der Waals surface area contributed by atoms with Crippen LogP contribution in [0.4, 0.5) is 5.69 Å². The van der Waals surface area contributed by atoms with Crippen molar-refractivity contribution in [1.82, 2.24) is 4.90 Å². The molecule has 0 bridgehead atoms. The third-order valence-corrected chi connectivity index (χ3v) is 7.47. The molecule has 2 saturated carbocycles. The highest BCUT2D eigenvalue weighted by molar-refractivity contribution is 5.77. The molecule has 152 valence electrons. The van der Waals surface area contributed by atoms with Crippen LogP contribution in [-0.2, 0) is 0 Å². The van der Waals surface area contributed by atoms with Crippen molar-refractivity contribution in [3.8, 4) is 0 Å². The van der Waals surface area contributed by atoms with Crippen LogP contribution >= 0.6 is 0 Å². The number of anilines is 1. The molecule has 2 aliphatic carbocycles. The molecule has 1 unspecified atom stereocenters. The van der Waals surface area contributed by atoms with E-state index in [-0.39, 0.29) is 0 Å². The number of para-hydroxylation sites is 1. The van der Waals surface area contributed by atoms with Crippen LogP contribution in [0.1, 0.15) is 69.4 Å². The van der Waals surface area contributed by atoms with Gasteiger partial charge >= 0.3 is 0 Å². The van der Waals surface area contributed by atoms with Gasteiger partial charge in [0.05, 0.1) is 5.70 Å². The van der Waals surface area contributed by atoms with E-state index in [0.29, 0.717) is 12.2 Å². The van der Waals surface area contributed by atoms with Gasteiger partial charge in [-0.2, -0.15) is 0 Å². The third-order valence-electron chi connectivity index (χ3n) is 7.47. The summed E-state index contributed by atoms with van der Waals surface area (Å²) in [6, 6.07) is 20.8. The van der Waals surface area contributed by atoms with Crippen molar-refractivity contribution >= 4 is 11.4 Å². The fourth-order valence-electron chi connectivity index (χ4n) is 6.14. The van der Waals surface area contributed by atoms with E-state index in [1.807, 2.05) is 0 Å². The molecule has 2 nitrogen and oxygen atoms in total. The molecular weight excluding hydrogens is 352 g/mol. The Morgan fingerprint density at radius 1 is 0.724 bits per heavy atom. The Morgan fingerprint density at radius 3 is 2.03 bits per heavy atom. The van der Waals surface area contributed by atoms with Crippen LogP contribution in [0.25, 0.3) is 5.70 Å². The molecule has 0 amide bonds. The summed E-state index contributed by atoms with van der Waals surface area (Å²) in [4.78, 5) is 5.59. The van der Waals surface area contributed by atoms with Crippen molar-refractivity contribution in [2.24, 2.45) is 5.92 Å². The van der Waals surface area contributed by atoms with Gasteiger partial charge in [0.15, 0.2) is 0 Å². The molecular formula is C27H34N2. The first-order chi connectivity index (χ1) is 14.3. The molecule has 1 atom stereocenters. The number of hydrogen-bond acceptors (Lipinski definition) is 2. The van der Waals surface area contributed by atoms with Crippen molar-refractivity contribution < 1.29 is 0 Å². The number of allylic oxidation sites excluding steroid dienone is 1. The largest absolute Gasteiger partial charge is 0.346 e. The smallest absolute Gasteiger partial charge is 0.109 e. The Kier molecular flexibility index (Phi) is 5.11. The summed E-state index contributed by atoms with van der Waals surface area (Å²) in [5.74, 6) is 0.756. The fraction of sp³-hybridized carbons (Fsp3) is 0.481. The normalized spacial score (nSPS) is 23.6. The Bertz CT molecular complexity index is 872. The zero-order valence-corrected chi connectivity index (χ0v) is 18.0. The van der Waals surface area contributed by atoms with E-state index in [1.54, 1.807) is 0 Å². The third kappa shape index (κ3) is 3.27. The average molecular weight is 387 g/mol. The van der Waals surface area contributed by atoms with E-state index < -0.39 is 0 Å². The fourth-order valence-corrected chi connectivity index (χ4v) is 6.14. The summed E-state index contributed by atoms with van der Waals surface area (Å²) < 4.78 is 0. The van der Waals surface area contributed by atoms with Gasteiger partial charge < -0.3 is 9.80 Å². The molecule has 2 fully saturated rings. The Balaban J connectivity index is 1.68. The van der Waals surface area contributed by atoms with Gasteiger partial charge in [-0.1, -0.05) is 74.2 Å². The first-order valence-corrected chi connectivity index (χ1v) is 11.6. The van der Waals surface area contributed by atoms with E-state index in [9.17, 15) is 0 Å². The Labute approximate surface area is 176 Å². The second-order valence-electron chi connectivity index (χ2n) is 9.26. The summed E-state index contributed by atoms with van der Waals surface area (Å²) in [6.07, 6.45) is 11.4. The maximum absolute atomic E-state index is 2.88. The minimum atomic E-state index is 0.469. The molecule has 1 heterocycles. The van der Waals surface area contributed by atoms with E-state index in [1.165, 1.54) is 79.6 Å². The summed E-state index contributed by atoms with van der Waals surface area (Å²) in [5, 5.41) is 0. The van der Waals surface area contributed by atoms with Crippen LogP contribution < -0.4 is 4.90 Å². The standard InChI is InChI=1S/C27H34N2/c1-20-12-6-11-19-25(20)28-21(2)26(22-13-4-3-5-14-22)29(24-17-9-10-18-24)27(28)23-15-7-8-16-23/h3-6,11-14,19,23-24,27H,7-10,15-18H2,1-2H3. The quantitative estimate of drug-likeness (QED) is 0.560. The Morgan fingerprint density at radius 2 is 1.34 bits per heavy atom. The summed E-state index contributed by atoms with van der Waals surface area (Å²) in [5.41, 5.74) is 7.09. The molecule has 2 aromatic carbocycles. The molecule has 0 spiro atoms. The first kappa shape index (κ1) is 18.8. The molecule has 0 saturated heterocycles. The maximum atomic E-state index is 2.88. The number of benzene rings is 2. The molecule has 1 aliphatic heterocycles. The molecule has 0 radical (unpaired) electrons. The highest BCUT2D eigenvalue weighted by Crippen LogP contribution is 2.48. The van der Waals surface area contributed by atoms with Gasteiger partial charge in [-0.15, -0.1) is 0 Å². The van der Waals surface area contributed by atoms with Gasteiger partial charge in [-0.25, -0.2) is 0 Å². The van der Waals surface area contributed by atoms with Crippen molar-refractivity contribution in [3.05, 3.63) is 71.4 Å². The van der Waals surface area contributed by atoms with Crippen LogP contribution in [0.3, 0.4) is 0 Å². The van der Waals surface area contributed by atoms with E-state index in [0.717, 1.165) is 5.92 Å². The van der Waals surface area contributed by atoms with Gasteiger partial charge in [0.1, 0.15) is 6.17 Å². The van der Waals surface area contributed by atoms with Crippen LogP contribution in [0.5, 0.6) is 0 Å². The minimum Gasteiger partial charge on any atom is -0.346 e. The Hall–Kier alpha value is -2.22. The van der Waals surface area contributed by atoms with E-state index in [2.05, 4.69) is 78.2 Å². The second-order valence-corrected chi connectivity index (χ2v) is 9.26. The second kappa shape index (κ2) is 7.89. The number of hydrogen-bond donors (Lipinski definition) is 0. The minimum absolute atomic E-state index is 0.469. The lowest BCUT2D eigenvalue weighted by Crippen LogP contribution is -2.49. The molecule has 5 rings (SSSR count). The summed E-state index contributed by atoms with van der Waals surface area (Å²) >= 11 is 0. The summed E-state index contributed by atoms with van der Waals surface area (Å²) in [7, 11) is 0. The lowest BCUT2D eigenvalue weighted by Gasteiger charge is -2.42. The van der Waals surface area contributed by atoms with Gasteiger partial charge in [-0.3, -0.25) is 0 Å². The van der Waals surface area contributed by atoms with Crippen molar-refractivity contribution in [2.75, 3.05) is 4.90 Å². The molecule has 29 heavy (non-hydrogen) atoms. The number of aryl methyl sites for hydroxylation is 1. The van der Waals surface area contributed by atoms with Crippen molar-refractivity contribution in [2.45, 2.75) is 77.4 Å². The SMILES string of the molecule is CC1=C(c2ccccc2)N(C2CCCC2)C(C2CCCC2)N1c1ccccc1C. The van der Waals surface area contributed by atoms with Crippen molar-refractivity contribution in [3.63, 3.8) is 0 Å². The van der Waals surface area contributed by atoms with Gasteiger partial charge in [-0.05, 0) is 62.6 Å². The predicted molar refractivity (Wildman–Crippen MR) is 123 cm³/mol. The van der Waals surface area contributed by atoms with E-state index in [4.69, 9.17) is 0 Å². The predicted octanol–water partition coefficient (Wildman–Crippen LogP) is 6.96. The zero-order chi connectivity index (χ0) is 19.8. The van der Waals surface area contributed by atoms with Crippen LogP contribution in [0.2, 0.25) is 0 Å². The molecule has 0 N–H and O–H groups in total. The topological polar surface area (TPSA) is 6.48 Å². The molecule has 2 heteroatoms. The van der Waals surface area contributed by atoms with Gasteiger partial charge in [0, 0.05) is 17.4 Å². The molecule has 3 aliphatic rings. The average Bonchev–Trinajstić information content (AvgIpc) is 3.49. The van der Waals surface area contributed by atoms with Crippen LogP contribution in [-0.4, -0.2) is 17.1 Å². The highest BCUT2D eigenvalue weighted by atomic mass is 15.4. The monoisotopic (exact) mass is 386 g/mol. The first-order valence-electron chi connectivity index (χ1n) is 11.6. The number of nitrogens with zero attached hydrogens (tertiary/aromatic N) is 2. The molecule has 2 aromatic rings. The summed E-state index contributed by atoms with van der Waals surface area (Å²) in [6.45, 7) is 4.64. The lowest BCUT2D eigenvalue weighted by atomic mass is 9.99.